The highest BCUT2D eigenvalue weighted by Crippen LogP contribution is 1.67. The van der Waals surface area contributed by atoms with Crippen molar-refractivity contribution in [3.63, 3.8) is 0 Å². The second kappa shape index (κ2) is 6.36. The summed E-state index contributed by atoms with van der Waals surface area (Å²) in [4.78, 5) is 0. The zero-order valence-corrected chi connectivity index (χ0v) is 5.62. The fourth-order valence-electron chi connectivity index (χ4n) is 0.338. The van der Waals surface area contributed by atoms with E-state index in [9.17, 15) is 0 Å². The molecule has 46 valence electrons. The molecule has 0 aliphatic rings. The molecule has 0 aliphatic heterocycles. The van der Waals surface area contributed by atoms with Crippen LogP contribution in [0.3, 0.4) is 0 Å². The van der Waals surface area contributed by atoms with Crippen LogP contribution in [-0.2, 0) is 0 Å². The second-order valence-electron chi connectivity index (χ2n) is 1.58. The van der Waals surface area contributed by atoms with Crippen LogP contribution in [0.2, 0.25) is 0 Å². The van der Waals surface area contributed by atoms with Crippen LogP contribution in [0.25, 0.3) is 0 Å². The van der Waals surface area contributed by atoms with Gasteiger partial charge in [0.15, 0.2) is 0 Å². The van der Waals surface area contributed by atoms with Gasteiger partial charge in [-0.3, -0.25) is 0 Å². The summed E-state index contributed by atoms with van der Waals surface area (Å²) in [6, 6.07) is 2.84. The summed E-state index contributed by atoms with van der Waals surface area (Å²) in [5.41, 5.74) is 0. The lowest BCUT2D eigenvalue weighted by atomic mass is 10.5. The van der Waals surface area contributed by atoms with Crippen molar-refractivity contribution < 1.29 is 0 Å². The molecule has 0 atom stereocenters. The van der Waals surface area contributed by atoms with E-state index in [0.29, 0.717) is 0 Å². The SMILES string of the molecule is CCC#CNCCC. The fraction of sp³-hybridized carbons (Fsp3) is 0.714. The summed E-state index contributed by atoms with van der Waals surface area (Å²) in [5.74, 6) is 2.92. The molecule has 0 radical (unpaired) electrons. The monoisotopic (exact) mass is 111 g/mol. The lowest BCUT2D eigenvalue weighted by Gasteiger charge is -1.88. The summed E-state index contributed by atoms with van der Waals surface area (Å²) in [5, 5.41) is 2.97. The van der Waals surface area contributed by atoms with E-state index in [1.165, 1.54) is 0 Å². The molecule has 0 saturated carbocycles. The standard InChI is InChI=1S/C7H13N/c1-3-5-7-8-6-4-2/h8H,3-4,6H2,1-2H3. The first-order valence-electron chi connectivity index (χ1n) is 3.12. The van der Waals surface area contributed by atoms with Gasteiger partial charge in [-0.25, -0.2) is 0 Å². The molecule has 0 bridgehead atoms. The zero-order valence-electron chi connectivity index (χ0n) is 5.62. The molecule has 1 N–H and O–H groups in total. The van der Waals surface area contributed by atoms with Crippen LogP contribution in [0.15, 0.2) is 0 Å². The molecule has 8 heavy (non-hydrogen) atoms. The maximum Gasteiger partial charge on any atom is 0.0227 e. The average molecular weight is 111 g/mol. The highest BCUT2D eigenvalue weighted by Gasteiger charge is 1.69. The molecule has 0 saturated heterocycles. The molecular formula is C7H13N. The van der Waals surface area contributed by atoms with Crippen molar-refractivity contribution in [3.8, 4) is 12.0 Å². The Hall–Kier alpha value is -0.640. The first-order valence-corrected chi connectivity index (χ1v) is 3.12. The number of hydrogen-bond acceptors (Lipinski definition) is 1. The van der Waals surface area contributed by atoms with Crippen LogP contribution in [0.4, 0.5) is 0 Å². The van der Waals surface area contributed by atoms with Crippen LogP contribution in [0.5, 0.6) is 0 Å². The predicted octanol–water partition coefficient (Wildman–Crippen LogP) is 1.36. The molecule has 1 heteroatoms. The Kier molecular flexibility index (Phi) is 5.85. The molecule has 0 aliphatic carbocycles. The van der Waals surface area contributed by atoms with Crippen molar-refractivity contribution in [1.29, 1.82) is 0 Å². The van der Waals surface area contributed by atoms with Gasteiger partial charge in [0.2, 0.25) is 0 Å². The summed E-state index contributed by atoms with van der Waals surface area (Å²) in [7, 11) is 0. The number of hydrogen-bond donors (Lipinski definition) is 1. The van der Waals surface area contributed by atoms with E-state index in [0.717, 1.165) is 19.4 Å². The Morgan fingerprint density at radius 3 is 2.62 bits per heavy atom. The van der Waals surface area contributed by atoms with Crippen molar-refractivity contribution in [2.75, 3.05) is 6.54 Å². The van der Waals surface area contributed by atoms with Gasteiger partial charge in [-0.05, 0) is 6.42 Å². The summed E-state index contributed by atoms with van der Waals surface area (Å²) in [6.45, 7) is 5.17. The lowest BCUT2D eigenvalue weighted by molar-refractivity contribution is 0.828. The van der Waals surface area contributed by atoms with Crippen molar-refractivity contribution in [2.24, 2.45) is 0 Å². The van der Waals surface area contributed by atoms with Gasteiger partial charge in [0.25, 0.3) is 0 Å². The number of rotatable bonds is 2. The van der Waals surface area contributed by atoms with Crippen LogP contribution in [0, 0.1) is 12.0 Å². The number of nitrogens with one attached hydrogen (secondary N) is 1. The third kappa shape index (κ3) is 5.36. The van der Waals surface area contributed by atoms with Gasteiger partial charge < -0.3 is 5.32 Å². The van der Waals surface area contributed by atoms with Crippen LogP contribution in [-0.4, -0.2) is 6.54 Å². The Balaban J connectivity index is 2.90. The average Bonchev–Trinajstić information content (AvgIpc) is 1.81. The molecule has 1 nitrogen and oxygen atoms in total. The zero-order chi connectivity index (χ0) is 6.24. The van der Waals surface area contributed by atoms with E-state index in [2.05, 4.69) is 24.2 Å². The molecule has 0 amide bonds. The Morgan fingerprint density at radius 1 is 1.38 bits per heavy atom. The summed E-state index contributed by atoms with van der Waals surface area (Å²) in [6.07, 6.45) is 2.09. The lowest BCUT2D eigenvalue weighted by Crippen LogP contribution is -2.05. The Labute approximate surface area is 51.5 Å². The summed E-state index contributed by atoms with van der Waals surface area (Å²) < 4.78 is 0. The van der Waals surface area contributed by atoms with Gasteiger partial charge in [0.1, 0.15) is 0 Å². The van der Waals surface area contributed by atoms with Crippen molar-refractivity contribution in [1.82, 2.24) is 5.32 Å². The van der Waals surface area contributed by atoms with Gasteiger partial charge in [-0.2, -0.15) is 0 Å². The van der Waals surface area contributed by atoms with Gasteiger partial charge in [0, 0.05) is 19.0 Å². The van der Waals surface area contributed by atoms with E-state index in [4.69, 9.17) is 0 Å². The molecule has 0 aromatic heterocycles. The maximum atomic E-state index is 2.97. The van der Waals surface area contributed by atoms with Gasteiger partial charge in [0.05, 0.1) is 0 Å². The molecule has 0 fully saturated rings. The highest BCUT2D eigenvalue weighted by atomic mass is 14.8. The third-order valence-electron chi connectivity index (χ3n) is 0.729. The second-order valence-corrected chi connectivity index (χ2v) is 1.58. The molecule has 0 spiro atoms. The largest absolute Gasteiger partial charge is 0.346 e. The predicted molar refractivity (Wildman–Crippen MR) is 36.4 cm³/mol. The molecule has 0 rings (SSSR count). The minimum atomic E-state index is 0.941. The third-order valence-corrected chi connectivity index (χ3v) is 0.729. The van der Waals surface area contributed by atoms with Crippen LogP contribution >= 0.6 is 0 Å². The van der Waals surface area contributed by atoms with Crippen molar-refractivity contribution >= 4 is 0 Å². The Bertz CT molecular complexity index is 86.3. The van der Waals surface area contributed by atoms with E-state index in [1.807, 2.05) is 6.92 Å². The van der Waals surface area contributed by atoms with E-state index < -0.39 is 0 Å². The highest BCUT2D eigenvalue weighted by molar-refractivity contribution is 4.94. The van der Waals surface area contributed by atoms with Crippen molar-refractivity contribution in [2.45, 2.75) is 26.7 Å². The first-order chi connectivity index (χ1) is 3.91. The molecule has 0 aromatic carbocycles. The van der Waals surface area contributed by atoms with Gasteiger partial charge >= 0.3 is 0 Å². The molecular weight excluding hydrogens is 98.1 g/mol. The van der Waals surface area contributed by atoms with E-state index in [1.54, 1.807) is 0 Å². The normalized spacial score (nSPS) is 7.25. The van der Waals surface area contributed by atoms with E-state index >= 15 is 0 Å². The minimum absolute atomic E-state index is 0.941. The minimum Gasteiger partial charge on any atom is -0.346 e. The van der Waals surface area contributed by atoms with E-state index in [-0.39, 0.29) is 0 Å². The van der Waals surface area contributed by atoms with Crippen LogP contribution in [0.1, 0.15) is 26.7 Å². The maximum absolute atomic E-state index is 2.97. The Morgan fingerprint density at radius 2 is 2.12 bits per heavy atom. The van der Waals surface area contributed by atoms with Crippen LogP contribution < -0.4 is 5.32 Å². The summed E-state index contributed by atoms with van der Waals surface area (Å²) >= 11 is 0. The molecule has 0 unspecified atom stereocenters. The smallest absolute Gasteiger partial charge is 0.0227 e. The topological polar surface area (TPSA) is 12.0 Å². The first kappa shape index (κ1) is 7.36. The van der Waals surface area contributed by atoms with Crippen molar-refractivity contribution in [3.05, 3.63) is 0 Å². The quantitative estimate of drug-likeness (QED) is 0.322. The fourth-order valence-corrected chi connectivity index (χ4v) is 0.338. The van der Waals surface area contributed by atoms with Gasteiger partial charge in [-0.1, -0.05) is 19.8 Å². The molecule has 0 aromatic rings. The molecule has 0 heterocycles. The van der Waals surface area contributed by atoms with Gasteiger partial charge in [-0.15, -0.1) is 0 Å².